The van der Waals surface area contributed by atoms with E-state index in [0.29, 0.717) is 11.6 Å². The summed E-state index contributed by atoms with van der Waals surface area (Å²) in [5.41, 5.74) is 2.67. The van der Waals surface area contributed by atoms with E-state index in [-0.39, 0.29) is 5.89 Å². The highest BCUT2D eigenvalue weighted by Crippen LogP contribution is 2.34. The van der Waals surface area contributed by atoms with Gasteiger partial charge in [0, 0.05) is 37.3 Å². The Morgan fingerprint density at radius 2 is 1.84 bits per heavy atom. The Labute approximate surface area is 183 Å². The van der Waals surface area contributed by atoms with Crippen LogP contribution in [0.25, 0.3) is 21.2 Å². The molecule has 0 atom stereocenters. The van der Waals surface area contributed by atoms with Crippen LogP contribution in [0.1, 0.15) is 10.7 Å². The molecule has 2 N–H and O–H groups in total. The average Bonchev–Trinajstić information content (AvgIpc) is 3.51. The first kappa shape index (κ1) is 19.4. The van der Waals surface area contributed by atoms with Gasteiger partial charge in [0.25, 0.3) is 5.89 Å². The van der Waals surface area contributed by atoms with Crippen molar-refractivity contribution in [1.29, 1.82) is 0 Å². The number of nitrogens with zero attached hydrogens (tertiary/aromatic N) is 4. The summed E-state index contributed by atoms with van der Waals surface area (Å²) >= 11 is 1.54. The van der Waals surface area contributed by atoms with Crippen LogP contribution in [-0.2, 0) is 0 Å². The highest BCUT2D eigenvalue weighted by molar-refractivity contribution is 7.18. The Bertz CT molecular complexity index is 1180. The fourth-order valence-corrected chi connectivity index (χ4v) is 4.40. The number of aromatic nitrogens is 3. The number of anilines is 2. The molecule has 8 nitrogen and oxygen atoms in total. The lowest BCUT2D eigenvalue weighted by Gasteiger charge is -2.30. The normalized spacial score (nSPS) is 13.9. The lowest BCUT2D eigenvalue weighted by atomic mass is 10.2. The van der Waals surface area contributed by atoms with Crippen molar-refractivity contribution in [1.82, 2.24) is 20.5 Å². The third-order valence-electron chi connectivity index (χ3n) is 5.00. The number of amides is 1. The van der Waals surface area contributed by atoms with Crippen molar-refractivity contribution < 1.29 is 9.21 Å². The molecule has 4 aromatic rings. The standard InChI is InChI=1S/C22H20N6O2S/c29-20(25-16-14-24-9-8-17(16)28-12-10-23-11-13-28)22-27-26-21(30-22)19-7-6-18(31-19)15-4-2-1-3-5-15/h1-9,14,23H,10-13H2,(H,25,29). The average molecular weight is 433 g/mol. The predicted octanol–water partition coefficient (Wildman–Crippen LogP) is 3.52. The Kier molecular flexibility index (Phi) is 5.42. The largest absolute Gasteiger partial charge is 0.411 e. The van der Waals surface area contributed by atoms with E-state index in [1.165, 1.54) is 11.3 Å². The summed E-state index contributed by atoms with van der Waals surface area (Å²) in [6.45, 7) is 3.52. The fourth-order valence-electron chi connectivity index (χ4n) is 3.47. The van der Waals surface area contributed by atoms with Gasteiger partial charge >= 0.3 is 11.8 Å². The number of hydrogen-bond acceptors (Lipinski definition) is 8. The number of carbonyl (C=O) groups excluding carboxylic acids is 1. The number of carbonyl (C=O) groups is 1. The maximum Gasteiger partial charge on any atom is 0.313 e. The molecule has 31 heavy (non-hydrogen) atoms. The van der Waals surface area contributed by atoms with Gasteiger partial charge in [0.05, 0.1) is 22.4 Å². The monoisotopic (exact) mass is 432 g/mol. The van der Waals surface area contributed by atoms with Gasteiger partial charge in [0.1, 0.15) is 0 Å². The Hall–Kier alpha value is -3.56. The molecule has 1 aromatic carbocycles. The molecular formula is C22H20N6O2S. The summed E-state index contributed by atoms with van der Waals surface area (Å²) in [5.74, 6) is -0.214. The van der Waals surface area contributed by atoms with Crippen molar-refractivity contribution in [2.24, 2.45) is 0 Å². The second-order valence-corrected chi connectivity index (χ2v) is 8.11. The van der Waals surface area contributed by atoms with E-state index in [1.54, 1.807) is 12.4 Å². The third kappa shape index (κ3) is 4.18. The van der Waals surface area contributed by atoms with Crippen LogP contribution in [0.2, 0.25) is 0 Å². The molecule has 0 unspecified atom stereocenters. The summed E-state index contributed by atoms with van der Waals surface area (Å²) in [4.78, 5) is 21.0. The van der Waals surface area contributed by atoms with E-state index in [4.69, 9.17) is 4.42 Å². The second-order valence-electron chi connectivity index (χ2n) is 7.03. The summed E-state index contributed by atoms with van der Waals surface area (Å²) in [6, 6.07) is 15.9. The van der Waals surface area contributed by atoms with Gasteiger partial charge in [-0.1, -0.05) is 30.3 Å². The Morgan fingerprint density at radius 3 is 2.68 bits per heavy atom. The maximum atomic E-state index is 12.8. The minimum absolute atomic E-state index is 0.0835. The topological polar surface area (TPSA) is 96.2 Å². The van der Waals surface area contributed by atoms with Gasteiger partial charge in [-0.25, -0.2) is 0 Å². The number of thiophene rings is 1. The molecule has 1 amide bonds. The molecule has 3 aromatic heterocycles. The van der Waals surface area contributed by atoms with Crippen molar-refractivity contribution in [3.8, 4) is 21.2 Å². The molecule has 1 fully saturated rings. The van der Waals surface area contributed by atoms with E-state index in [1.807, 2.05) is 48.5 Å². The smallest absolute Gasteiger partial charge is 0.313 e. The molecule has 0 saturated carbocycles. The molecule has 1 aliphatic rings. The molecule has 4 heterocycles. The van der Waals surface area contributed by atoms with Crippen LogP contribution >= 0.6 is 11.3 Å². The van der Waals surface area contributed by atoms with Gasteiger partial charge in [-0.15, -0.1) is 21.5 Å². The Morgan fingerprint density at radius 1 is 1.03 bits per heavy atom. The van der Waals surface area contributed by atoms with Gasteiger partial charge in [-0.2, -0.15) is 0 Å². The lowest BCUT2D eigenvalue weighted by molar-refractivity contribution is 0.0991. The predicted molar refractivity (Wildman–Crippen MR) is 120 cm³/mol. The summed E-state index contributed by atoms with van der Waals surface area (Å²) in [7, 11) is 0. The quantitative estimate of drug-likeness (QED) is 0.498. The van der Waals surface area contributed by atoms with Crippen LogP contribution in [0, 0.1) is 0 Å². The molecule has 5 rings (SSSR count). The van der Waals surface area contributed by atoms with Gasteiger partial charge < -0.3 is 20.0 Å². The maximum absolute atomic E-state index is 12.8. The van der Waals surface area contributed by atoms with Crippen molar-refractivity contribution in [3.63, 3.8) is 0 Å². The fraction of sp³-hybridized carbons (Fsp3) is 0.182. The summed E-state index contributed by atoms with van der Waals surface area (Å²) in [6.07, 6.45) is 3.36. The van der Waals surface area contributed by atoms with Gasteiger partial charge in [-0.05, 0) is 23.8 Å². The molecule has 0 aliphatic carbocycles. The van der Waals surface area contributed by atoms with E-state index < -0.39 is 5.91 Å². The van der Waals surface area contributed by atoms with Gasteiger partial charge in [0.2, 0.25) is 0 Å². The van der Waals surface area contributed by atoms with E-state index in [9.17, 15) is 4.79 Å². The highest BCUT2D eigenvalue weighted by atomic mass is 32.1. The zero-order valence-corrected chi connectivity index (χ0v) is 17.4. The molecule has 0 spiro atoms. The molecular weight excluding hydrogens is 412 g/mol. The number of nitrogens with one attached hydrogen (secondary N) is 2. The number of hydrogen-bond donors (Lipinski definition) is 2. The van der Waals surface area contributed by atoms with Gasteiger partial charge in [0.15, 0.2) is 0 Å². The van der Waals surface area contributed by atoms with Crippen LogP contribution in [0.3, 0.4) is 0 Å². The highest BCUT2D eigenvalue weighted by Gasteiger charge is 2.20. The number of piperazine rings is 1. The minimum atomic E-state index is -0.456. The SMILES string of the molecule is O=C(Nc1cnccc1N1CCNCC1)c1nnc(-c2ccc(-c3ccccc3)s2)o1. The molecule has 1 saturated heterocycles. The zero-order chi connectivity index (χ0) is 21.0. The number of benzene rings is 1. The zero-order valence-electron chi connectivity index (χ0n) is 16.6. The van der Waals surface area contributed by atoms with E-state index in [2.05, 4.69) is 30.7 Å². The van der Waals surface area contributed by atoms with E-state index >= 15 is 0 Å². The third-order valence-corrected chi connectivity index (χ3v) is 6.12. The molecule has 0 bridgehead atoms. The summed E-state index contributed by atoms with van der Waals surface area (Å²) in [5, 5.41) is 14.2. The van der Waals surface area contributed by atoms with Crippen LogP contribution in [0.5, 0.6) is 0 Å². The first-order valence-corrected chi connectivity index (χ1v) is 10.8. The second kappa shape index (κ2) is 8.66. The van der Waals surface area contributed by atoms with Crippen molar-refractivity contribution in [3.05, 3.63) is 66.8 Å². The molecule has 9 heteroatoms. The molecule has 1 aliphatic heterocycles. The van der Waals surface area contributed by atoms with Crippen molar-refractivity contribution >= 4 is 28.6 Å². The van der Waals surface area contributed by atoms with Crippen molar-refractivity contribution in [2.75, 3.05) is 36.4 Å². The van der Waals surface area contributed by atoms with Crippen LogP contribution in [-0.4, -0.2) is 47.3 Å². The van der Waals surface area contributed by atoms with E-state index in [0.717, 1.165) is 47.2 Å². The van der Waals surface area contributed by atoms with Crippen LogP contribution < -0.4 is 15.5 Å². The summed E-state index contributed by atoms with van der Waals surface area (Å²) < 4.78 is 5.67. The van der Waals surface area contributed by atoms with Crippen molar-refractivity contribution in [2.45, 2.75) is 0 Å². The minimum Gasteiger partial charge on any atom is -0.411 e. The Balaban J connectivity index is 1.33. The van der Waals surface area contributed by atoms with Crippen LogP contribution in [0.4, 0.5) is 11.4 Å². The first-order chi connectivity index (χ1) is 15.3. The van der Waals surface area contributed by atoms with Crippen LogP contribution in [0.15, 0.2) is 65.3 Å². The lowest BCUT2D eigenvalue weighted by Crippen LogP contribution is -2.43. The van der Waals surface area contributed by atoms with Gasteiger partial charge in [-0.3, -0.25) is 9.78 Å². The molecule has 0 radical (unpaired) electrons. The number of pyridine rings is 1. The molecule has 156 valence electrons. The first-order valence-electron chi connectivity index (χ1n) is 9.98. The number of rotatable bonds is 5.